The van der Waals surface area contributed by atoms with Gasteiger partial charge in [0, 0.05) is 0 Å². The van der Waals surface area contributed by atoms with E-state index in [-0.39, 0.29) is 25.1 Å². The number of aromatic nitrogens is 1. The van der Waals surface area contributed by atoms with Crippen molar-refractivity contribution in [2.75, 3.05) is 4.72 Å². The standard InChI is InChI=1S/C9H6Cl2N2O3S2/c10-6-3-5(1-2-7(6)14)13-18(15,16)8-4-12-9(11)17-8/h1-4,13-14H. The minimum atomic E-state index is -3.74. The van der Waals surface area contributed by atoms with Crippen molar-refractivity contribution in [1.29, 1.82) is 0 Å². The van der Waals surface area contributed by atoms with Crippen LogP contribution in [0.3, 0.4) is 0 Å². The summed E-state index contributed by atoms with van der Waals surface area (Å²) >= 11 is 12.1. The van der Waals surface area contributed by atoms with E-state index in [0.717, 1.165) is 17.5 Å². The summed E-state index contributed by atoms with van der Waals surface area (Å²) in [6, 6.07) is 3.98. The number of aromatic hydroxyl groups is 1. The number of anilines is 1. The van der Waals surface area contributed by atoms with Crippen molar-refractivity contribution in [3.05, 3.63) is 33.9 Å². The van der Waals surface area contributed by atoms with Crippen LogP contribution in [-0.4, -0.2) is 18.5 Å². The molecule has 0 spiro atoms. The number of nitrogens with one attached hydrogen (secondary N) is 1. The van der Waals surface area contributed by atoms with Crippen molar-refractivity contribution < 1.29 is 13.5 Å². The molecule has 2 rings (SSSR count). The molecule has 0 aliphatic carbocycles. The largest absolute Gasteiger partial charge is 0.506 e. The minimum absolute atomic E-state index is 0.00306. The molecule has 0 aliphatic rings. The normalized spacial score (nSPS) is 11.4. The summed E-state index contributed by atoms with van der Waals surface area (Å²) < 4.78 is 26.3. The number of thiazole rings is 1. The van der Waals surface area contributed by atoms with Gasteiger partial charge in [-0.3, -0.25) is 4.72 Å². The average molecular weight is 325 g/mol. The molecular formula is C9H6Cl2N2O3S2. The predicted molar refractivity (Wildman–Crippen MR) is 71.0 cm³/mol. The van der Waals surface area contributed by atoms with Crippen molar-refractivity contribution in [2.24, 2.45) is 0 Å². The highest BCUT2D eigenvalue weighted by molar-refractivity contribution is 7.94. The zero-order valence-corrected chi connectivity index (χ0v) is 11.7. The molecule has 2 aromatic rings. The molecule has 1 aromatic carbocycles. The Kier molecular flexibility index (Phi) is 3.67. The second-order valence-corrected chi connectivity index (χ2v) is 7.13. The topological polar surface area (TPSA) is 79.3 Å². The number of sulfonamides is 1. The molecule has 0 saturated heterocycles. The Morgan fingerprint density at radius 3 is 2.61 bits per heavy atom. The number of benzene rings is 1. The van der Waals surface area contributed by atoms with Crippen LogP contribution < -0.4 is 4.72 Å². The highest BCUT2D eigenvalue weighted by Gasteiger charge is 2.18. The predicted octanol–water partition coefficient (Wildman–Crippen LogP) is 2.96. The molecule has 9 heteroatoms. The molecular weight excluding hydrogens is 319 g/mol. The fourth-order valence-electron chi connectivity index (χ4n) is 1.14. The van der Waals surface area contributed by atoms with Crippen LogP contribution in [0.25, 0.3) is 0 Å². The van der Waals surface area contributed by atoms with E-state index < -0.39 is 10.0 Å². The molecule has 5 nitrogen and oxygen atoms in total. The van der Waals surface area contributed by atoms with E-state index in [1.165, 1.54) is 18.2 Å². The van der Waals surface area contributed by atoms with Crippen molar-refractivity contribution >= 4 is 50.2 Å². The molecule has 1 heterocycles. The van der Waals surface area contributed by atoms with Crippen LogP contribution in [-0.2, 0) is 10.0 Å². The Bertz CT molecular complexity index is 685. The first-order valence-corrected chi connectivity index (χ1v) is 7.57. The van der Waals surface area contributed by atoms with Gasteiger partial charge in [0.25, 0.3) is 10.0 Å². The third-order valence-electron chi connectivity index (χ3n) is 1.92. The summed E-state index contributed by atoms with van der Waals surface area (Å²) in [5, 5.41) is 9.28. The Labute approximate surface area is 117 Å². The number of halogens is 2. The SMILES string of the molecule is O=S(=O)(Nc1ccc(O)c(Cl)c1)c1cnc(Cl)s1. The quantitative estimate of drug-likeness (QED) is 0.851. The maximum Gasteiger partial charge on any atom is 0.273 e. The summed E-state index contributed by atoms with van der Waals surface area (Å²) in [6.45, 7) is 0. The molecule has 0 aliphatic heterocycles. The van der Waals surface area contributed by atoms with Crippen LogP contribution in [0.15, 0.2) is 28.6 Å². The summed E-state index contributed by atoms with van der Waals surface area (Å²) in [4.78, 5) is 3.65. The molecule has 0 atom stereocenters. The van der Waals surface area contributed by atoms with Crippen LogP contribution in [0.4, 0.5) is 5.69 Å². The zero-order chi connectivity index (χ0) is 13.3. The maximum absolute atomic E-state index is 11.9. The monoisotopic (exact) mass is 324 g/mol. The number of phenolic OH excluding ortho intramolecular Hbond substituents is 1. The minimum Gasteiger partial charge on any atom is -0.506 e. The van der Waals surface area contributed by atoms with Crippen molar-refractivity contribution in [2.45, 2.75) is 4.21 Å². The summed E-state index contributed by atoms with van der Waals surface area (Å²) in [6.07, 6.45) is 1.16. The van der Waals surface area contributed by atoms with Gasteiger partial charge in [0.05, 0.1) is 16.9 Å². The lowest BCUT2D eigenvalue weighted by atomic mass is 10.3. The molecule has 96 valence electrons. The van der Waals surface area contributed by atoms with E-state index in [2.05, 4.69) is 9.71 Å². The number of rotatable bonds is 3. The molecule has 0 amide bonds. The number of hydrogen-bond donors (Lipinski definition) is 2. The fraction of sp³-hybridized carbons (Fsp3) is 0. The Hall–Kier alpha value is -1.02. The molecule has 1 aromatic heterocycles. The summed E-state index contributed by atoms with van der Waals surface area (Å²) in [5.74, 6) is -0.125. The van der Waals surface area contributed by atoms with Crippen LogP contribution in [0.5, 0.6) is 5.75 Å². The summed E-state index contributed by atoms with van der Waals surface area (Å²) in [5.41, 5.74) is 0.238. The van der Waals surface area contributed by atoms with E-state index in [1.807, 2.05) is 0 Å². The lowest BCUT2D eigenvalue weighted by Gasteiger charge is -2.06. The van der Waals surface area contributed by atoms with Crippen LogP contribution in [0, 0.1) is 0 Å². The zero-order valence-electron chi connectivity index (χ0n) is 8.59. The lowest BCUT2D eigenvalue weighted by Crippen LogP contribution is -2.11. The third kappa shape index (κ3) is 2.86. The van der Waals surface area contributed by atoms with E-state index in [0.29, 0.717) is 0 Å². The highest BCUT2D eigenvalue weighted by atomic mass is 35.5. The first-order chi connectivity index (χ1) is 8.38. The van der Waals surface area contributed by atoms with Gasteiger partial charge in [-0.15, -0.1) is 0 Å². The number of nitrogens with zero attached hydrogens (tertiary/aromatic N) is 1. The van der Waals surface area contributed by atoms with Crippen LogP contribution >= 0.6 is 34.5 Å². The maximum atomic E-state index is 11.9. The van der Waals surface area contributed by atoms with Gasteiger partial charge in [0.1, 0.15) is 5.75 Å². The summed E-state index contributed by atoms with van der Waals surface area (Å²) in [7, 11) is -3.74. The van der Waals surface area contributed by atoms with Gasteiger partial charge in [-0.25, -0.2) is 13.4 Å². The number of hydrogen-bond acceptors (Lipinski definition) is 5. The smallest absolute Gasteiger partial charge is 0.273 e. The molecule has 0 radical (unpaired) electrons. The van der Waals surface area contributed by atoms with Crippen LogP contribution in [0.2, 0.25) is 9.49 Å². The van der Waals surface area contributed by atoms with Crippen molar-refractivity contribution in [3.63, 3.8) is 0 Å². The van der Waals surface area contributed by atoms with Crippen molar-refractivity contribution in [1.82, 2.24) is 4.98 Å². The third-order valence-corrected chi connectivity index (χ3v) is 5.18. The average Bonchev–Trinajstić information content (AvgIpc) is 2.71. The Morgan fingerprint density at radius 1 is 1.33 bits per heavy atom. The molecule has 0 fully saturated rings. The van der Waals surface area contributed by atoms with E-state index in [4.69, 9.17) is 23.2 Å². The van der Waals surface area contributed by atoms with Gasteiger partial charge in [0.15, 0.2) is 8.68 Å². The molecule has 0 bridgehead atoms. The number of phenols is 1. The first-order valence-electron chi connectivity index (χ1n) is 4.51. The second-order valence-electron chi connectivity index (χ2n) is 3.20. The van der Waals surface area contributed by atoms with E-state index >= 15 is 0 Å². The van der Waals surface area contributed by atoms with Gasteiger partial charge < -0.3 is 5.11 Å². The molecule has 18 heavy (non-hydrogen) atoms. The van der Waals surface area contributed by atoms with Gasteiger partial charge >= 0.3 is 0 Å². The fourth-order valence-corrected chi connectivity index (χ4v) is 3.66. The van der Waals surface area contributed by atoms with Gasteiger partial charge in [0.2, 0.25) is 0 Å². The van der Waals surface area contributed by atoms with Gasteiger partial charge in [-0.05, 0) is 18.2 Å². The van der Waals surface area contributed by atoms with E-state index in [9.17, 15) is 13.5 Å². The Morgan fingerprint density at radius 2 is 2.06 bits per heavy atom. The van der Waals surface area contributed by atoms with Gasteiger partial charge in [-0.2, -0.15) is 0 Å². The van der Waals surface area contributed by atoms with Crippen LogP contribution in [0.1, 0.15) is 0 Å². The van der Waals surface area contributed by atoms with Crippen molar-refractivity contribution in [3.8, 4) is 5.75 Å². The molecule has 0 saturated carbocycles. The lowest BCUT2D eigenvalue weighted by molar-refractivity contribution is 0.475. The van der Waals surface area contributed by atoms with Gasteiger partial charge in [-0.1, -0.05) is 34.5 Å². The second kappa shape index (κ2) is 4.93. The Balaban J connectivity index is 2.30. The molecule has 2 N–H and O–H groups in total. The van der Waals surface area contributed by atoms with E-state index in [1.54, 1.807) is 0 Å². The molecule has 0 unspecified atom stereocenters. The first kappa shape index (κ1) is 13.4. The highest BCUT2D eigenvalue weighted by Crippen LogP contribution is 2.29.